The molecule has 4 rings (SSSR count). The number of nitrogen functional groups attached to an aromatic ring is 1. The van der Waals surface area contributed by atoms with E-state index in [1.54, 1.807) is 0 Å². The van der Waals surface area contributed by atoms with Crippen LogP contribution in [-0.4, -0.2) is 19.9 Å². The molecule has 10 heteroatoms. The number of hydrogen-bond acceptors (Lipinski definition) is 7. The van der Waals surface area contributed by atoms with Crippen LogP contribution in [0.15, 0.2) is 18.3 Å². The number of alkyl halides is 3. The SMILES string of the molecule is Nc1nc2c(Nc3ccc(C(F)(F)F)nc3)nc(C3CCCCC3)nc2s1. The summed E-state index contributed by atoms with van der Waals surface area (Å²) in [6.07, 6.45) is 2.21. The predicted octanol–water partition coefficient (Wildman–Crippen LogP) is 4.87. The quantitative estimate of drug-likeness (QED) is 0.658. The van der Waals surface area contributed by atoms with Crippen molar-refractivity contribution in [1.82, 2.24) is 19.9 Å². The average Bonchev–Trinajstić information content (AvgIpc) is 3.03. The van der Waals surface area contributed by atoms with Gasteiger partial charge in [0, 0.05) is 5.92 Å². The van der Waals surface area contributed by atoms with Crippen molar-refractivity contribution in [3.63, 3.8) is 0 Å². The Kier molecular flexibility index (Phi) is 4.58. The van der Waals surface area contributed by atoms with Crippen LogP contribution in [0.3, 0.4) is 0 Å². The maximum Gasteiger partial charge on any atom is 0.433 e. The highest BCUT2D eigenvalue weighted by atomic mass is 32.1. The lowest BCUT2D eigenvalue weighted by molar-refractivity contribution is -0.141. The first kappa shape index (κ1) is 17.9. The van der Waals surface area contributed by atoms with E-state index in [1.807, 2.05) is 0 Å². The van der Waals surface area contributed by atoms with Gasteiger partial charge in [0.1, 0.15) is 17.0 Å². The molecule has 142 valence electrons. The van der Waals surface area contributed by atoms with Crippen LogP contribution in [0.5, 0.6) is 0 Å². The molecule has 0 aromatic carbocycles. The first-order valence-corrected chi connectivity index (χ1v) is 9.46. The van der Waals surface area contributed by atoms with Crippen molar-refractivity contribution in [3.8, 4) is 0 Å². The first-order chi connectivity index (χ1) is 12.9. The molecular formula is C17H17F3N6S. The van der Waals surface area contributed by atoms with Crippen molar-refractivity contribution in [2.45, 2.75) is 44.2 Å². The smallest absolute Gasteiger partial charge is 0.375 e. The van der Waals surface area contributed by atoms with Crippen molar-refractivity contribution >= 4 is 38.3 Å². The molecule has 1 saturated carbocycles. The van der Waals surface area contributed by atoms with Gasteiger partial charge < -0.3 is 11.1 Å². The molecule has 1 aliphatic carbocycles. The maximum atomic E-state index is 12.7. The van der Waals surface area contributed by atoms with Gasteiger partial charge in [0.05, 0.1) is 11.9 Å². The van der Waals surface area contributed by atoms with Gasteiger partial charge in [-0.1, -0.05) is 30.6 Å². The summed E-state index contributed by atoms with van der Waals surface area (Å²) >= 11 is 1.27. The standard InChI is InChI=1S/C17H17F3N6S/c18-17(19,20)11-7-6-10(8-22-11)23-14-12-15(27-16(21)24-12)26-13(25-14)9-4-2-1-3-5-9/h6-9H,1-5H2,(H2,21,24)(H,23,25,26). The van der Waals surface area contributed by atoms with Crippen molar-refractivity contribution in [2.75, 3.05) is 11.1 Å². The monoisotopic (exact) mass is 394 g/mol. The minimum Gasteiger partial charge on any atom is -0.375 e. The molecule has 3 heterocycles. The van der Waals surface area contributed by atoms with Crippen LogP contribution in [0, 0.1) is 0 Å². The molecule has 0 unspecified atom stereocenters. The maximum absolute atomic E-state index is 12.7. The Morgan fingerprint density at radius 1 is 1.07 bits per heavy atom. The van der Waals surface area contributed by atoms with Crippen LogP contribution in [0.1, 0.15) is 49.5 Å². The summed E-state index contributed by atoms with van der Waals surface area (Å²) in [4.78, 5) is 17.7. The van der Waals surface area contributed by atoms with Crippen molar-refractivity contribution in [3.05, 3.63) is 29.8 Å². The van der Waals surface area contributed by atoms with E-state index in [9.17, 15) is 13.2 Å². The number of anilines is 3. The van der Waals surface area contributed by atoms with E-state index in [0.717, 1.165) is 43.8 Å². The van der Waals surface area contributed by atoms with Crippen LogP contribution in [-0.2, 0) is 6.18 Å². The third-order valence-electron chi connectivity index (χ3n) is 4.58. The summed E-state index contributed by atoms with van der Waals surface area (Å²) in [5, 5.41) is 3.40. The van der Waals surface area contributed by atoms with Gasteiger partial charge in [-0.15, -0.1) is 0 Å². The molecule has 0 radical (unpaired) electrons. The van der Waals surface area contributed by atoms with Crippen LogP contribution < -0.4 is 11.1 Å². The molecule has 0 saturated heterocycles. The van der Waals surface area contributed by atoms with Crippen LogP contribution >= 0.6 is 11.3 Å². The van der Waals surface area contributed by atoms with E-state index in [1.165, 1.54) is 23.8 Å². The van der Waals surface area contributed by atoms with Gasteiger partial charge in [0.25, 0.3) is 0 Å². The molecule has 1 aliphatic rings. The Bertz CT molecular complexity index is 948. The van der Waals surface area contributed by atoms with Crippen LogP contribution in [0.2, 0.25) is 0 Å². The van der Waals surface area contributed by atoms with Crippen molar-refractivity contribution in [1.29, 1.82) is 0 Å². The van der Waals surface area contributed by atoms with E-state index in [-0.39, 0.29) is 5.92 Å². The van der Waals surface area contributed by atoms with Crippen LogP contribution in [0.4, 0.5) is 29.8 Å². The minimum atomic E-state index is -4.47. The molecule has 3 aromatic rings. The topological polar surface area (TPSA) is 89.6 Å². The largest absolute Gasteiger partial charge is 0.433 e. The van der Waals surface area contributed by atoms with Gasteiger partial charge in [-0.25, -0.2) is 19.9 Å². The Balaban J connectivity index is 1.69. The molecule has 0 atom stereocenters. The zero-order chi connectivity index (χ0) is 19.0. The molecule has 0 aliphatic heterocycles. The highest BCUT2D eigenvalue weighted by molar-refractivity contribution is 7.21. The van der Waals surface area contributed by atoms with Gasteiger partial charge in [0.15, 0.2) is 15.8 Å². The summed E-state index contributed by atoms with van der Waals surface area (Å²) in [5.41, 5.74) is 5.78. The van der Waals surface area contributed by atoms with Gasteiger partial charge in [0.2, 0.25) is 0 Å². The number of nitrogens with one attached hydrogen (secondary N) is 1. The average molecular weight is 394 g/mol. The fraction of sp³-hybridized carbons (Fsp3) is 0.412. The zero-order valence-electron chi connectivity index (χ0n) is 14.3. The van der Waals surface area contributed by atoms with E-state index in [0.29, 0.717) is 27.0 Å². The first-order valence-electron chi connectivity index (χ1n) is 8.64. The normalized spacial score (nSPS) is 16.0. The second-order valence-electron chi connectivity index (χ2n) is 6.53. The van der Waals surface area contributed by atoms with Crippen molar-refractivity contribution < 1.29 is 13.2 Å². The Labute approximate surface area is 157 Å². The highest BCUT2D eigenvalue weighted by Crippen LogP contribution is 2.35. The number of nitrogens with two attached hydrogens (primary N) is 1. The molecule has 6 nitrogen and oxygen atoms in total. The van der Waals surface area contributed by atoms with Crippen LogP contribution in [0.25, 0.3) is 10.3 Å². The lowest BCUT2D eigenvalue weighted by atomic mass is 9.89. The number of aromatic nitrogens is 4. The zero-order valence-corrected chi connectivity index (χ0v) is 15.1. The molecular weight excluding hydrogens is 377 g/mol. The van der Waals surface area contributed by atoms with Crippen molar-refractivity contribution in [2.24, 2.45) is 0 Å². The number of rotatable bonds is 3. The van der Waals surface area contributed by atoms with Gasteiger partial charge >= 0.3 is 6.18 Å². The molecule has 1 fully saturated rings. The minimum absolute atomic E-state index is 0.276. The van der Waals surface area contributed by atoms with E-state index in [2.05, 4.69) is 25.3 Å². The Morgan fingerprint density at radius 2 is 1.85 bits per heavy atom. The van der Waals surface area contributed by atoms with Gasteiger partial charge in [-0.05, 0) is 25.0 Å². The second kappa shape index (κ2) is 6.91. The summed E-state index contributed by atoms with van der Waals surface area (Å²) in [7, 11) is 0. The lowest BCUT2D eigenvalue weighted by Gasteiger charge is -2.20. The second-order valence-corrected chi connectivity index (χ2v) is 7.54. The molecule has 0 bridgehead atoms. The number of fused-ring (bicyclic) bond motifs is 1. The Hall–Kier alpha value is -2.49. The molecule has 0 amide bonds. The molecule has 27 heavy (non-hydrogen) atoms. The number of nitrogens with zero attached hydrogens (tertiary/aromatic N) is 4. The Morgan fingerprint density at radius 3 is 2.52 bits per heavy atom. The summed E-state index contributed by atoms with van der Waals surface area (Å²) in [6, 6.07) is 2.25. The number of thiazole rings is 1. The van der Waals surface area contributed by atoms with Gasteiger partial charge in [-0.2, -0.15) is 13.2 Å². The third-order valence-corrected chi connectivity index (χ3v) is 5.36. The molecule has 0 spiro atoms. The summed E-state index contributed by atoms with van der Waals surface area (Å²) < 4.78 is 38.1. The number of hydrogen-bond donors (Lipinski definition) is 2. The lowest BCUT2D eigenvalue weighted by Crippen LogP contribution is -2.10. The number of halogens is 3. The summed E-state index contributed by atoms with van der Waals surface area (Å²) in [5.74, 6) is 1.45. The fourth-order valence-corrected chi connectivity index (χ4v) is 3.97. The van der Waals surface area contributed by atoms with E-state index in [4.69, 9.17) is 5.73 Å². The predicted molar refractivity (Wildman–Crippen MR) is 98.0 cm³/mol. The third kappa shape index (κ3) is 3.80. The van der Waals surface area contributed by atoms with Gasteiger partial charge in [-0.3, -0.25) is 0 Å². The fourth-order valence-electron chi connectivity index (χ4n) is 3.26. The van der Waals surface area contributed by atoms with E-state index < -0.39 is 11.9 Å². The highest BCUT2D eigenvalue weighted by Gasteiger charge is 2.32. The van der Waals surface area contributed by atoms with E-state index >= 15 is 0 Å². The summed E-state index contributed by atoms with van der Waals surface area (Å²) in [6.45, 7) is 0. The number of pyridine rings is 1. The molecule has 3 aromatic heterocycles. The molecule has 3 N–H and O–H groups in total.